The van der Waals surface area contributed by atoms with Crippen molar-refractivity contribution in [1.29, 1.82) is 0 Å². The highest BCUT2D eigenvalue weighted by Crippen LogP contribution is 2.36. The summed E-state index contributed by atoms with van der Waals surface area (Å²) in [6.07, 6.45) is 6.89. The molecule has 0 amide bonds. The number of allylic oxidation sites excluding steroid dienone is 1. The number of H-pyrrole nitrogens is 1. The number of para-hydroxylation sites is 1. The minimum atomic E-state index is -0.254. The first-order valence-corrected chi connectivity index (χ1v) is 7.24. The number of esters is 1. The van der Waals surface area contributed by atoms with E-state index < -0.39 is 0 Å². The van der Waals surface area contributed by atoms with E-state index >= 15 is 0 Å². The lowest BCUT2D eigenvalue weighted by atomic mass is 9.86. The van der Waals surface area contributed by atoms with Crippen LogP contribution in [-0.2, 0) is 16.0 Å². The third-order valence-corrected chi connectivity index (χ3v) is 3.91. The van der Waals surface area contributed by atoms with Gasteiger partial charge in [0.2, 0.25) is 0 Å². The molecule has 1 N–H and O–H groups in total. The van der Waals surface area contributed by atoms with E-state index in [1.54, 1.807) is 6.08 Å². The molecule has 3 rings (SSSR count). The van der Waals surface area contributed by atoms with E-state index in [1.807, 2.05) is 19.1 Å². The summed E-state index contributed by atoms with van der Waals surface area (Å²) in [5.41, 5.74) is 3.86. The maximum absolute atomic E-state index is 11.5. The molecule has 1 unspecified atom stereocenters. The van der Waals surface area contributed by atoms with Gasteiger partial charge in [-0.1, -0.05) is 24.3 Å². The van der Waals surface area contributed by atoms with E-state index in [-0.39, 0.29) is 11.9 Å². The Morgan fingerprint density at radius 3 is 3.15 bits per heavy atom. The quantitative estimate of drug-likeness (QED) is 0.681. The Balaban J connectivity index is 1.92. The maximum atomic E-state index is 11.5. The van der Waals surface area contributed by atoms with E-state index in [0.717, 1.165) is 19.3 Å². The Hall–Kier alpha value is -2.03. The topological polar surface area (TPSA) is 42.1 Å². The number of fused-ring (bicyclic) bond motifs is 3. The van der Waals surface area contributed by atoms with Crippen LogP contribution in [0.25, 0.3) is 10.9 Å². The lowest BCUT2D eigenvalue weighted by Crippen LogP contribution is -2.08. The first-order valence-electron chi connectivity index (χ1n) is 7.24. The predicted octanol–water partition coefficient (Wildman–Crippen LogP) is 3.71. The van der Waals surface area contributed by atoms with Crippen molar-refractivity contribution >= 4 is 16.9 Å². The number of hydrogen-bond acceptors (Lipinski definition) is 2. The Kier molecular flexibility index (Phi) is 3.59. The van der Waals surface area contributed by atoms with Crippen molar-refractivity contribution in [1.82, 2.24) is 4.98 Å². The zero-order valence-corrected chi connectivity index (χ0v) is 11.7. The number of benzene rings is 1. The van der Waals surface area contributed by atoms with Gasteiger partial charge in [0, 0.05) is 28.6 Å². The van der Waals surface area contributed by atoms with Gasteiger partial charge < -0.3 is 9.72 Å². The molecule has 1 aliphatic carbocycles. The molecule has 0 saturated heterocycles. The number of ether oxygens (including phenoxy) is 1. The molecule has 20 heavy (non-hydrogen) atoms. The van der Waals surface area contributed by atoms with Crippen molar-refractivity contribution in [3.63, 3.8) is 0 Å². The van der Waals surface area contributed by atoms with Crippen molar-refractivity contribution in [3.05, 3.63) is 47.7 Å². The van der Waals surface area contributed by atoms with Crippen LogP contribution in [0, 0.1) is 0 Å². The van der Waals surface area contributed by atoms with Gasteiger partial charge >= 0.3 is 5.97 Å². The normalized spacial score (nSPS) is 18.4. The third-order valence-electron chi connectivity index (χ3n) is 3.91. The Morgan fingerprint density at radius 2 is 2.30 bits per heavy atom. The molecule has 1 aromatic carbocycles. The Bertz CT molecular complexity index is 654. The van der Waals surface area contributed by atoms with Crippen molar-refractivity contribution in [3.8, 4) is 0 Å². The van der Waals surface area contributed by atoms with Gasteiger partial charge in [0.15, 0.2) is 0 Å². The summed E-state index contributed by atoms with van der Waals surface area (Å²) in [5, 5.41) is 1.32. The second kappa shape index (κ2) is 5.53. The second-order valence-electron chi connectivity index (χ2n) is 5.17. The van der Waals surface area contributed by atoms with Crippen molar-refractivity contribution in [2.45, 2.75) is 32.1 Å². The highest BCUT2D eigenvalue weighted by molar-refractivity contribution is 5.85. The molecule has 0 saturated carbocycles. The molecule has 2 aromatic rings. The molecule has 0 bridgehead atoms. The number of nitrogens with one attached hydrogen (secondary N) is 1. The summed E-state index contributed by atoms with van der Waals surface area (Å²) in [6.45, 7) is 2.24. The molecule has 0 radical (unpaired) electrons. The smallest absolute Gasteiger partial charge is 0.330 e. The minimum Gasteiger partial charge on any atom is -0.463 e. The van der Waals surface area contributed by atoms with Crippen LogP contribution in [0.4, 0.5) is 0 Å². The average Bonchev–Trinajstić information content (AvgIpc) is 2.84. The van der Waals surface area contributed by atoms with Gasteiger partial charge in [0.1, 0.15) is 0 Å². The second-order valence-corrected chi connectivity index (χ2v) is 5.17. The number of aryl methyl sites for hydroxylation is 1. The summed E-state index contributed by atoms with van der Waals surface area (Å²) in [7, 11) is 0. The molecule has 3 heteroatoms. The molecule has 104 valence electrons. The standard InChI is InChI=1S/C17H19NO2/c1-2-20-16(19)11-10-12-6-5-8-14-13-7-3-4-9-15(13)18-17(12)14/h3-4,7,9-12,18H,2,5-6,8H2,1H3. The van der Waals surface area contributed by atoms with E-state index in [1.165, 1.54) is 22.2 Å². The first-order chi connectivity index (χ1) is 9.79. The lowest BCUT2D eigenvalue weighted by Gasteiger charge is -2.19. The number of rotatable bonds is 3. The summed E-state index contributed by atoms with van der Waals surface area (Å²) in [6, 6.07) is 8.41. The first kappa shape index (κ1) is 13.0. The number of hydrogen-bond donors (Lipinski definition) is 1. The monoisotopic (exact) mass is 269 g/mol. The summed E-state index contributed by atoms with van der Waals surface area (Å²) >= 11 is 0. The van der Waals surface area contributed by atoms with Gasteiger partial charge in [-0.25, -0.2) is 4.79 Å². The summed E-state index contributed by atoms with van der Waals surface area (Å²) < 4.78 is 4.94. The number of aromatic amines is 1. The Labute approximate surface area is 118 Å². The van der Waals surface area contributed by atoms with Crippen LogP contribution in [0.5, 0.6) is 0 Å². The molecular weight excluding hydrogens is 250 g/mol. The molecule has 0 spiro atoms. The Morgan fingerprint density at radius 1 is 1.45 bits per heavy atom. The highest BCUT2D eigenvalue weighted by atomic mass is 16.5. The van der Waals surface area contributed by atoms with Gasteiger partial charge in [-0.05, 0) is 37.8 Å². The molecule has 1 aromatic heterocycles. The fourth-order valence-electron chi connectivity index (χ4n) is 3.03. The zero-order chi connectivity index (χ0) is 13.9. The van der Waals surface area contributed by atoms with Crippen LogP contribution in [-0.4, -0.2) is 17.6 Å². The molecule has 1 aliphatic rings. The van der Waals surface area contributed by atoms with Crippen molar-refractivity contribution in [2.24, 2.45) is 0 Å². The largest absolute Gasteiger partial charge is 0.463 e. The van der Waals surface area contributed by atoms with Crippen LogP contribution in [0.2, 0.25) is 0 Å². The van der Waals surface area contributed by atoms with Crippen LogP contribution in [0.15, 0.2) is 36.4 Å². The van der Waals surface area contributed by atoms with Crippen molar-refractivity contribution < 1.29 is 9.53 Å². The van der Waals surface area contributed by atoms with E-state index in [0.29, 0.717) is 6.61 Å². The lowest BCUT2D eigenvalue weighted by molar-refractivity contribution is -0.137. The van der Waals surface area contributed by atoms with Gasteiger partial charge in [-0.2, -0.15) is 0 Å². The molecular formula is C17H19NO2. The van der Waals surface area contributed by atoms with E-state index in [4.69, 9.17) is 4.74 Å². The van der Waals surface area contributed by atoms with E-state index in [2.05, 4.69) is 23.2 Å². The van der Waals surface area contributed by atoms with Crippen molar-refractivity contribution in [2.75, 3.05) is 6.61 Å². The summed E-state index contributed by atoms with van der Waals surface area (Å²) in [4.78, 5) is 15.0. The number of carbonyl (C=O) groups excluding carboxylic acids is 1. The minimum absolute atomic E-state index is 0.254. The molecule has 3 nitrogen and oxygen atoms in total. The predicted molar refractivity (Wildman–Crippen MR) is 79.8 cm³/mol. The van der Waals surface area contributed by atoms with Gasteiger partial charge in [-0.3, -0.25) is 0 Å². The SMILES string of the molecule is CCOC(=O)C=CC1CCCc2c1[nH]c1ccccc21. The van der Waals surface area contributed by atoms with Crippen LogP contribution in [0.1, 0.15) is 36.9 Å². The number of carbonyl (C=O) groups is 1. The third kappa shape index (κ3) is 2.36. The van der Waals surface area contributed by atoms with E-state index in [9.17, 15) is 4.79 Å². The van der Waals surface area contributed by atoms with Crippen LogP contribution < -0.4 is 0 Å². The molecule has 0 fully saturated rings. The highest BCUT2D eigenvalue weighted by Gasteiger charge is 2.22. The molecule has 1 heterocycles. The van der Waals surface area contributed by atoms with Gasteiger partial charge in [0.25, 0.3) is 0 Å². The summed E-state index contributed by atoms with van der Waals surface area (Å²) in [5.74, 6) is 0.0336. The zero-order valence-electron chi connectivity index (χ0n) is 11.7. The van der Waals surface area contributed by atoms with Gasteiger partial charge in [-0.15, -0.1) is 0 Å². The van der Waals surface area contributed by atoms with Crippen LogP contribution >= 0.6 is 0 Å². The molecule has 0 aliphatic heterocycles. The van der Waals surface area contributed by atoms with Gasteiger partial charge in [0.05, 0.1) is 6.61 Å². The average molecular weight is 269 g/mol. The fraction of sp³-hybridized carbons (Fsp3) is 0.353. The maximum Gasteiger partial charge on any atom is 0.330 e. The number of aromatic nitrogens is 1. The molecule has 1 atom stereocenters. The fourth-order valence-corrected chi connectivity index (χ4v) is 3.03. The van der Waals surface area contributed by atoms with Crippen LogP contribution in [0.3, 0.4) is 0 Å².